The standard InChI is InChI=1S/C23H28N4O6/c1-2-24-21(29)19-12-17(14-27(22(19)30)13-16-6-4-3-5-7-16)20(28)25-9-8-18-15-26(23(31)32)10-11-33-18/h3-7,12,14,18H,2,8-11,13,15H2,1H3,(H,24,29)(H,25,28)(H,31,32). The normalized spacial score (nSPS) is 15.7. The van der Waals surface area contributed by atoms with Gasteiger partial charge in [0.05, 0.1) is 31.4 Å². The van der Waals surface area contributed by atoms with Crippen molar-refractivity contribution in [1.29, 1.82) is 0 Å². The van der Waals surface area contributed by atoms with Crippen LogP contribution in [0.1, 0.15) is 39.6 Å². The summed E-state index contributed by atoms with van der Waals surface area (Å²) in [5, 5.41) is 14.5. The molecule has 3 amide bonds. The maximum absolute atomic E-state index is 12.9. The number of hydrogen-bond donors (Lipinski definition) is 3. The second-order valence-corrected chi connectivity index (χ2v) is 7.69. The molecule has 0 radical (unpaired) electrons. The number of nitrogens with zero attached hydrogens (tertiary/aromatic N) is 2. The van der Waals surface area contributed by atoms with Crippen LogP contribution in [-0.2, 0) is 11.3 Å². The summed E-state index contributed by atoms with van der Waals surface area (Å²) >= 11 is 0. The average Bonchev–Trinajstić information content (AvgIpc) is 2.81. The molecule has 2 heterocycles. The highest BCUT2D eigenvalue weighted by Crippen LogP contribution is 2.09. The molecule has 1 atom stereocenters. The molecule has 3 rings (SSSR count). The molecule has 1 saturated heterocycles. The van der Waals surface area contributed by atoms with Gasteiger partial charge in [-0.2, -0.15) is 0 Å². The van der Waals surface area contributed by atoms with Crippen LogP contribution < -0.4 is 16.2 Å². The van der Waals surface area contributed by atoms with Crippen molar-refractivity contribution in [3.63, 3.8) is 0 Å². The van der Waals surface area contributed by atoms with Crippen LogP contribution in [0.4, 0.5) is 4.79 Å². The van der Waals surface area contributed by atoms with Crippen molar-refractivity contribution in [1.82, 2.24) is 20.1 Å². The molecular weight excluding hydrogens is 428 g/mol. The first kappa shape index (κ1) is 24.0. The Morgan fingerprint density at radius 2 is 1.91 bits per heavy atom. The SMILES string of the molecule is CCNC(=O)c1cc(C(=O)NCCC2CN(C(=O)O)CCO2)cn(Cc2ccccc2)c1=O. The van der Waals surface area contributed by atoms with E-state index in [1.54, 1.807) is 6.92 Å². The molecule has 10 heteroatoms. The van der Waals surface area contributed by atoms with E-state index in [4.69, 9.17) is 9.84 Å². The largest absolute Gasteiger partial charge is 0.465 e. The molecule has 1 unspecified atom stereocenters. The second-order valence-electron chi connectivity index (χ2n) is 7.69. The first-order chi connectivity index (χ1) is 15.9. The van der Waals surface area contributed by atoms with Gasteiger partial charge in [-0.05, 0) is 25.0 Å². The number of pyridine rings is 1. The van der Waals surface area contributed by atoms with Crippen LogP contribution in [0.15, 0.2) is 47.4 Å². The van der Waals surface area contributed by atoms with Crippen LogP contribution in [0, 0.1) is 0 Å². The number of carbonyl (C=O) groups is 3. The first-order valence-corrected chi connectivity index (χ1v) is 10.8. The molecule has 0 saturated carbocycles. The quantitative estimate of drug-likeness (QED) is 0.546. The molecule has 1 fully saturated rings. The molecule has 0 bridgehead atoms. The Kier molecular flexibility index (Phi) is 8.20. The molecule has 10 nitrogen and oxygen atoms in total. The number of nitrogens with one attached hydrogen (secondary N) is 2. The average molecular weight is 456 g/mol. The van der Waals surface area contributed by atoms with E-state index in [1.165, 1.54) is 21.7 Å². The summed E-state index contributed by atoms with van der Waals surface area (Å²) in [6.07, 6.45) is 0.568. The molecule has 1 aliphatic rings. The number of morpholine rings is 1. The van der Waals surface area contributed by atoms with Crippen molar-refractivity contribution >= 4 is 17.9 Å². The topological polar surface area (TPSA) is 130 Å². The van der Waals surface area contributed by atoms with Gasteiger partial charge in [0.15, 0.2) is 0 Å². The summed E-state index contributed by atoms with van der Waals surface area (Å²) < 4.78 is 6.92. The minimum Gasteiger partial charge on any atom is -0.465 e. The van der Waals surface area contributed by atoms with Crippen molar-refractivity contribution in [3.8, 4) is 0 Å². The van der Waals surface area contributed by atoms with Gasteiger partial charge in [0.2, 0.25) is 0 Å². The molecule has 1 aromatic heterocycles. The maximum atomic E-state index is 12.9. The molecule has 3 N–H and O–H groups in total. The lowest BCUT2D eigenvalue weighted by Crippen LogP contribution is -2.46. The van der Waals surface area contributed by atoms with E-state index in [0.29, 0.717) is 26.1 Å². The fourth-order valence-corrected chi connectivity index (χ4v) is 3.59. The lowest BCUT2D eigenvalue weighted by atomic mass is 10.1. The third kappa shape index (κ3) is 6.42. The van der Waals surface area contributed by atoms with E-state index in [1.807, 2.05) is 30.3 Å². The van der Waals surface area contributed by atoms with Crippen LogP contribution in [0.25, 0.3) is 0 Å². The van der Waals surface area contributed by atoms with Crippen LogP contribution in [0.2, 0.25) is 0 Å². The zero-order valence-electron chi connectivity index (χ0n) is 18.5. The van der Waals surface area contributed by atoms with Gasteiger partial charge in [0.1, 0.15) is 5.56 Å². The summed E-state index contributed by atoms with van der Waals surface area (Å²) in [5.74, 6) is -0.975. The maximum Gasteiger partial charge on any atom is 0.407 e. The van der Waals surface area contributed by atoms with Gasteiger partial charge < -0.3 is 29.9 Å². The Morgan fingerprint density at radius 3 is 2.61 bits per heavy atom. The molecule has 2 aromatic rings. The molecule has 1 aromatic carbocycles. The molecule has 0 aliphatic carbocycles. The van der Waals surface area contributed by atoms with Crippen molar-refractivity contribution in [2.45, 2.75) is 26.0 Å². The van der Waals surface area contributed by atoms with Gasteiger partial charge in [0, 0.05) is 25.8 Å². The van der Waals surface area contributed by atoms with Crippen molar-refractivity contribution in [2.24, 2.45) is 0 Å². The molecular formula is C23H28N4O6. The second kappa shape index (κ2) is 11.3. The number of benzene rings is 1. The number of amides is 3. The molecule has 0 spiro atoms. The summed E-state index contributed by atoms with van der Waals surface area (Å²) in [4.78, 5) is 50.5. The zero-order valence-corrected chi connectivity index (χ0v) is 18.5. The smallest absolute Gasteiger partial charge is 0.407 e. The minimum absolute atomic E-state index is 0.104. The minimum atomic E-state index is -0.995. The molecule has 176 valence electrons. The molecule has 33 heavy (non-hydrogen) atoms. The Labute approximate surface area is 191 Å². The Balaban J connectivity index is 1.73. The van der Waals surface area contributed by atoms with Gasteiger partial charge in [-0.1, -0.05) is 30.3 Å². The van der Waals surface area contributed by atoms with Crippen LogP contribution in [0.5, 0.6) is 0 Å². The van der Waals surface area contributed by atoms with Gasteiger partial charge in [-0.15, -0.1) is 0 Å². The fraction of sp³-hybridized carbons (Fsp3) is 0.391. The Hall–Kier alpha value is -3.66. The van der Waals surface area contributed by atoms with Crippen molar-refractivity contribution < 1.29 is 24.2 Å². The fourth-order valence-electron chi connectivity index (χ4n) is 3.59. The highest BCUT2D eigenvalue weighted by Gasteiger charge is 2.24. The van der Waals surface area contributed by atoms with Gasteiger partial charge >= 0.3 is 6.09 Å². The highest BCUT2D eigenvalue weighted by atomic mass is 16.5. The van der Waals surface area contributed by atoms with Crippen LogP contribution in [-0.4, -0.2) is 71.4 Å². The van der Waals surface area contributed by atoms with Gasteiger partial charge in [-0.25, -0.2) is 4.79 Å². The summed E-state index contributed by atoms with van der Waals surface area (Å²) in [6.45, 7) is 3.45. The monoisotopic (exact) mass is 456 g/mol. The number of ether oxygens (including phenoxy) is 1. The van der Waals surface area contributed by atoms with E-state index in [9.17, 15) is 19.2 Å². The van der Waals surface area contributed by atoms with Crippen molar-refractivity contribution in [2.75, 3.05) is 32.8 Å². The Morgan fingerprint density at radius 1 is 1.15 bits per heavy atom. The predicted molar refractivity (Wildman–Crippen MR) is 121 cm³/mol. The van der Waals surface area contributed by atoms with Gasteiger partial charge in [-0.3, -0.25) is 14.4 Å². The number of aromatic nitrogens is 1. The zero-order chi connectivity index (χ0) is 23.8. The van der Waals surface area contributed by atoms with E-state index >= 15 is 0 Å². The Bertz CT molecular complexity index is 1050. The first-order valence-electron chi connectivity index (χ1n) is 10.8. The third-order valence-electron chi connectivity index (χ3n) is 5.29. The van der Waals surface area contributed by atoms with Crippen LogP contribution >= 0.6 is 0 Å². The summed E-state index contributed by atoms with van der Waals surface area (Å²) in [5.41, 5.74) is 0.457. The molecule has 1 aliphatic heterocycles. The predicted octanol–water partition coefficient (Wildman–Crippen LogP) is 1.15. The lowest BCUT2D eigenvalue weighted by molar-refractivity contribution is -0.0247. The van der Waals surface area contributed by atoms with E-state index in [-0.39, 0.29) is 36.9 Å². The van der Waals surface area contributed by atoms with E-state index < -0.39 is 23.5 Å². The van der Waals surface area contributed by atoms with E-state index in [2.05, 4.69) is 10.6 Å². The van der Waals surface area contributed by atoms with E-state index in [0.717, 1.165) is 5.56 Å². The van der Waals surface area contributed by atoms with Crippen LogP contribution in [0.3, 0.4) is 0 Å². The third-order valence-corrected chi connectivity index (χ3v) is 5.29. The number of carboxylic acid groups (broad SMARTS) is 1. The van der Waals surface area contributed by atoms with Crippen molar-refractivity contribution in [3.05, 3.63) is 69.6 Å². The highest BCUT2D eigenvalue weighted by molar-refractivity contribution is 5.99. The number of hydrogen-bond acceptors (Lipinski definition) is 5. The van der Waals surface area contributed by atoms with Gasteiger partial charge in [0.25, 0.3) is 17.4 Å². The number of rotatable bonds is 8. The number of carbonyl (C=O) groups excluding carboxylic acids is 2. The summed E-state index contributed by atoms with van der Waals surface area (Å²) in [7, 11) is 0. The lowest BCUT2D eigenvalue weighted by Gasteiger charge is -2.31. The summed E-state index contributed by atoms with van der Waals surface area (Å²) in [6, 6.07) is 10.6.